The first-order valence-electron chi connectivity index (χ1n) is 15.3. The Labute approximate surface area is 243 Å². The van der Waals surface area contributed by atoms with Gasteiger partial charge in [-0.15, -0.1) is 0 Å². The summed E-state index contributed by atoms with van der Waals surface area (Å²) in [5.74, 6) is -1.28. The Morgan fingerprint density at radius 1 is 1.05 bits per heavy atom. The third kappa shape index (κ3) is 4.20. The van der Waals surface area contributed by atoms with Crippen molar-refractivity contribution in [1.82, 2.24) is 20.2 Å². The number of aromatic hydroxyl groups is 1. The Morgan fingerprint density at radius 2 is 1.79 bits per heavy atom. The van der Waals surface area contributed by atoms with Gasteiger partial charge in [0.05, 0.1) is 22.7 Å². The molecule has 2 aromatic carbocycles. The Hall–Kier alpha value is -3.55. The summed E-state index contributed by atoms with van der Waals surface area (Å²) in [6.45, 7) is 3.94. The first-order chi connectivity index (χ1) is 20.4. The molecule has 2 unspecified atom stereocenters. The maximum Gasteiger partial charge on any atom is 0.319 e. The number of benzene rings is 2. The van der Waals surface area contributed by atoms with E-state index in [1.54, 1.807) is 0 Å². The van der Waals surface area contributed by atoms with Crippen LogP contribution in [0, 0.1) is 23.0 Å². The number of nitrogens with one attached hydrogen (secondary N) is 1. The molecule has 5 aliphatic rings. The summed E-state index contributed by atoms with van der Waals surface area (Å²) in [5.41, 5.74) is 0.719. The molecule has 8 rings (SSSR count). The minimum atomic E-state index is -0.825. The van der Waals surface area contributed by atoms with Crippen molar-refractivity contribution in [3.63, 3.8) is 0 Å². The van der Waals surface area contributed by atoms with Crippen LogP contribution in [0.1, 0.15) is 68.4 Å². The molecule has 4 saturated heterocycles. The van der Waals surface area contributed by atoms with Crippen LogP contribution in [-0.2, 0) is 0 Å². The molecule has 1 saturated carbocycles. The Balaban J connectivity index is 1.28. The number of anilines is 1. The minimum Gasteiger partial charge on any atom is -0.508 e. The quantitative estimate of drug-likeness (QED) is 0.427. The van der Waals surface area contributed by atoms with Crippen LogP contribution in [0.2, 0.25) is 0 Å². The van der Waals surface area contributed by atoms with E-state index in [4.69, 9.17) is 9.72 Å². The Morgan fingerprint density at radius 3 is 2.48 bits per heavy atom. The lowest BCUT2D eigenvalue weighted by molar-refractivity contribution is 0.108. The van der Waals surface area contributed by atoms with Gasteiger partial charge in [0.15, 0.2) is 5.82 Å². The highest BCUT2D eigenvalue weighted by Crippen LogP contribution is 2.49. The van der Waals surface area contributed by atoms with E-state index < -0.39 is 11.6 Å². The molecule has 42 heavy (non-hydrogen) atoms. The highest BCUT2D eigenvalue weighted by molar-refractivity contribution is 5.94. The summed E-state index contributed by atoms with van der Waals surface area (Å²) >= 11 is 0. The van der Waals surface area contributed by atoms with Crippen LogP contribution in [0.15, 0.2) is 18.2 Å². The molecule has 3 aromatic rings. The molecule has 2 N–H and O–H groups in total. The molecule has 0 spiro atoms. The summed E-state index contributed by atoms with van der Waals surface area (Å²) in [6, 6.07) is 6.87. The number of fused-ring (bicyclic) bond motifs is 4. The van der Waals surface area contributed by atoms with E-state index in [-0.39, 0.29) is 45.4 Å². The molecule has 4 aliphatic heterocycles. The van der Waals surface area contributed by atoms with E-state index in [2.05, 4.69) is 26.2 Å². The molecule has 1 aromatic heterocycles. The molecular weight excluding hydrogens is 538 g/mol. The van der Waals surface area contributed by atoms with Gasteiger partial charge in [0, 0.05) is 30.6 Å². The van der Waals surface area contributed by atoms with E-state index in [1.165, 1.54) is 18.2 Å². The number of hydrogen-bond donors (Lipinski definition) is 2. The van der Waals surface area contributed by atoms with Crippen LogP contribution in [-0.4, -0.2) is 70.4 Å². The smallest absolute Gasteiger partial charge is 0.319 e. The molecule has 0 radical (unpaired) electrons. The van der Waals surface area contributed by atoms with Crippen molar-refractivity contribution in [2.75, 3.05) is 37.7 Å². The first kappa shape index (κ1) is 26.1. The number of rotatable bonds is 6. The average Bonchev–Trinajstić information content (AvgIpc) is 3.48. The Bertz CT molecular complexity index is 1610. The van der Waals surface area contributed by atoms with Gasteiger partial charge in [-0.2, -0.15) is 15.2 Å². The fraction of sp³-hybridized carbons (Fsp3) is 0.531. The van der Waals surface area contributed by atoms with Gasteiger partial charge in [0.1, 0.15) is 29.5 Å². The van der Waals surface area contributed by atoms with Crippen LogP contribution in [0.25, 0.3) is 22.0 Å². The molecule has 0 amide bonds. The van der Waals surface area contributed by atoms with Crippen LogP contribution < -0.4 is 15.0 Å². The fourth-order valence-electron chi connectivity index (χ4n) is 8.09. The van der Waals surface area contributed by atoms with Crippen LogP contribution in [0.4, 0.5) is 14.6 Å². The van der Waals surface area contributed by atoms with Crippen LogP contribution >= 0.6 is 0 Å². The predicted octanol–water partition coefficient (Wildman–Crippen LogP) is 4.98. The average molecular weight is 573 g/mol. The number of ether oxygens (including phenoxy) is 1. The van der Waals surface area contributed by atoms with Crippen molar-refractivity contribution in [1.29, 1.82) is 5.26 Å². The van der Waals surface area contributed by atoms with E-state index in [0.29, 0.717) is 48.5 Å². The third-order valence-corrected chi connectivity index (χ3v) is 10.2. The van der Waals surface area contributed by atoms with Gasteiger partial charge < -0.3 is 20.1 Å². The molecule has 10 heteroatoms. The molecule has 5 fully saturated rings. The lowest BCUT2D eigenvalue weighted by atomic mass is 9.91. The van der Waals surface area contributed by atoms with Gasteiger partial charge in [0.2, 0.25) is 0 Å². The van der Waals surface area contributed by atoms with Gasteiger partial charge in [0.25, 0.3) is 0 Å². The van der Waals surface area contributed by atoms with Crippen molar-refractivity contribution >= 4 is 16.7 Å². The summed E-state index contributed by atoms with van der Waals surface area (Å²) in [7, 11) is 0. The number of aromatic nitrogens is 2. The van der Waals surface area contributed by atoms with Gasteiger partial charge in [-0.05, 0) is 99.7 Å². The lowest BCUT2D eigenvalue weighted by Crippen LogP contribution is -2.51. The first-order valence-corrected chi connectivity index (χ1v) is 15.3. The monoisotopic (exact) mass is 572 g/mol. The number of phenolic OH excluding ortho intramolecular Hbond substituents is 1. The third-order valence-electron chi connectivity index (χ3n) is 10.2. The second kappa shape index (κ2) is 9.75. The van der Waals surface area contributed by atoms with Crippen molar-refractivity contribution in [2.45, 2.75) is 74.9 Å². The molecule has 218 valence electrons. The summed E-state index contributed by atoms with van der Waals surface area (Å²) in [5, 5.41) is 24.1. The summed E-state index contributed by atoms with van der Waals surface area (Å²) in [4.78, 5) is 14.0. The minimum absolute atomic E-state index is 0.00641. The number of nitrogens with zero attached hydrogens (tertiary/aromatic N) is 5. The zero-order valence-electron chi connectivity index (χ0n) is 23.5. The summed E-state index contributed by atoms with van der Waals surface area (Å²) < 4.78 is 39.1. The van der Waals surface area contributed by atoms with Crippen molar-refractivity contribution in [3.05, 3.63) is 41.0 Å². The van der Waals surface area contributed by atoms with Gasteiger partial charge >= 0.3 is 6.01 Å². The number of hydrogen-bond acceptors (Lipinski definition) is 8. The zero-order valence-corrected chi connectivity index (χ0v) is 23.5. The zero-order chi connectivity index (χ0) is 28.6. The highest BCUT2D eigenvalue weighted by Gasteiger charge is 2.45. The van der Waals surface area contributed by atoms with E-state index in [1.807, 2.05) is 0 Å². The molecule has 2 bridgehead atoms. The largest absolute Gasteiger partial charge is 0.508 e. The van der Waals surface area contributed by atoms with Gasteiger partial charge in [-0.1, -0.05) is 0 Å². The normalized spacial score (nSPS) is 24.7. The number of phenols is 1. The van der Waals surface area contributed by atoms with Gasteiger partial charge in [-0.3, -0.25) is 4.90 Å². The summed E-state index contributed by atoms with van der Waals surface area (Å²) in [6.07, 6.45) is 8.15. The lowest BCUT2D eigenvalue weighted by Gasteiger charge is -2.35. The van der Waals surface area contributed by atoms with Crippen molar-refractivity contribution < 1.29 is 18.6 Å². The van der Waals surface area contributed by atoms with E-state index >= 15 is 8.78 Å². The predicted molar refractivity (Wildman–Crippen MR) is 154 cm³/mol. The number of piperazine rings is 1. The standard InChI is InChI=1S/C32H34F2N6O2/c33-25-13-24-29(28(34)27(25)23-12-22(41)11-19(14-35)26(23)18-3-4-18)37-31(42-17-32-7-1-9-40(32)10-2-8-32)38-30(24)39-15-20-5-6-21(16-39)36-20/h11-13,18,20-21,36,41H,1-10,15-17H2. The van der Waals surface area contributed by atoms with Crippen LogP contribution in [0.3, 0.4) is 0 Å². The number of nitriles is 1. The van der Waals surface area contributed by atoms with E-state index in [9.17, 15) is 10.4 Å². The van der Waals surface area contributed by atoms with Gasteiger partial charge in [-0.25, -0.2) is 8.78 Å². The molecule has 2 atom stereocenters. The molecule has 8 nitrogen and oxygen atoms in total. The second-order valence-electron chi connectivity index (χ2n) is 12.9. The topological polar surface area (TPSA) is 97.5 Å². The molecule has 1 aliphatic carbocycles. The van der Waals surface area contributed by atoms with Crippen molar-refractivity contribution in [2.24, 2.45) is 0 Å². The molecular formula is C32H34F2N6O2. The van der Waals surface area contributed by atoms with Crippen molar-refractivity contribution in [3.8, 4) is 29.0 Å². The SMILES string of the molecule is N#Cc1cc(O)cc(-c2c(F)cc3c(N4CC5CCC(C4)N5)nc(OCC45CCCN4CCC5)nc3c2F)c1C1CC1. The van der Waals surface area contributed by atoms with E-state index in [0.717, 1.165) is 64.5 Å². The Kier molecular flexibility index (Phi) is 6.06. The highest BCUT2D eigenvalue weighted by atomic mass is 19.1. The fourth-order valence-corrected chi connectivity index (χ4v) is 8.09. The second-order valence-corrected chi connectivity index (χ2v) is 12.9. The molecule has 5 heterocycles. The maximum atomic E-state index is 16.7. The maximum absolute atomic E-state index is 16.7. The number of halogens is 2. The van der Waals surface area contributed by atoms with Crippen LogP contribution in [0.5, 0.6) is 11.8 Å².